The van der Waals surface area contributed by atoms with Gasteiger partial charge in [-0.1, -0.05) is 12.6 Å². The van der Waals surface area contributed by atoms with E-state index in [0.29, 0.717) is 12.1 Å². The first-order valence-corrected chi connectivity index (χ1v) is 10.7. The molecule has 0 radical (unpaired) electrons. The maximum Gasteiger partial charge on any atom is 0.250 e. The Balaban J connectivity index is 1.71. The molecule has 7 nitrogen and oxygen atoms in total. The maximum absolute atomic E-state index is 12.3. The SMILES string of the molecule is C=CC(=O)N1CCSc2cc(-c3cc(-c4cnn(C)c4)cn4ncc(C#N)c34)ccc21. The van der Waals surface area contributed by atoms with E-state index in [9.17, 15) is 10.1 Å². The van der Waals surface area contributed by atoms with Crippen LogP contribution < -0.4 is 4.90 Å². The highest BCUT2D eigenvalue weighted by Gasteiger charge is 2.23. The summed E-state index contributed by atoms with van der Waals surface area (Å²) in [5, 5.41) is 18.3. The number of pyridine rings is 1. The number of carbonyl (C=O) groups excluding carboxylic acids is 1. The number of carbonyl (C=O) groups is 1. The van der Waals surface area contributed by atoms with E-state index in [4.69, 9.17) is 0 Å². The molecular formula is C23H18N6OS. The minimum Gasteiger partial charge on any atom is -0.307 e. The Morgan fingerprint density at radius 2 is 2.06 bits per heavy atom. The van der Waals surface area contributed by atoms with Gasteiger partial charge in [0.25, 0.3) is 0 Å². The van der Waals surface area contributed by atoms with Crippen LogP contribution >= 0.6 is 11.8 Å². The Labute approximate surface area is 183 Å². The summed E-state index contributed by atoms with van der Waals surface area (Å²) in [6.07, 6.45) is 8.60. The average molecular weight is 427 g/mol. The number of aromatic nitrogens is 4. The molecule has 8 heteroatoms. The third kappa shape index (κ3) is 3.20. The number of nitriles is 1. The topological polar surface area (TPSA) is 79.2 Å². The molecule has 0 fully saturated rings. The Kier molecular flexibility index (Phi) is 4.60. The predicted molar refractivity (Wildman–Crippen MR) is 121 cm³/mol. The van der Waals surface area contributed by atoms with Gasteiger partial charge in [0.2, 0.25) is 5.91 Å². The normalized spacial score (nSPS) is 13.1. The second-order valence-electron chi connectivity index (χ2n) is 7.23. The van der Waals surface area contributed by atoms with Crippen LogP contribution in [0.1, 0.15) is 5.56 Å². The van der Waals surface area contributed by atoms with Crippen LogP contribution in [0.2, 0.25) is 0 Å². The van der Waals surface area contributed by atoms with E-state index in [1.54, 1.807) is 38.3 Å². The van der Waals surface area contributed by atoms with Crippen molar-refractivity contribution in [2.45, 2.75) is 4.90 Å². The van der Waals surface area contributed by atoms with E-state index in [1.807, 2.05) is 31.6 Å². The third-order valence-electron chi connectivity index (χ3n) is 5.35. The van der Waals surface area contributed by atoms with E-state index >= 15 is 0 Å². The van der Waals surface area contributed by atoms with Crippen molar-refractivity contribution in [1.82, 2.24) is 19.4 Å². The van der Waals surface area contributed by atoms with Gasteiger partial charge in [-0.2, -0.15) is 15.5 Å². The molecule has 1 amide bonds. The Bertz CT molecular complexity index is 1390. The summed E-state index contributed by atoms with van der Waals surface area (Å²) in [5.74, 6) is 0.718. The molecule has 0 bridgehead atoms. The highest BCUT2D eigenvalue weighted by atomic mass is 32.2. The van der Waals surface area contributed by atoms with Gasteiger partial charge in [-0.15, -0.1) is 11.8 Å². The van der Waals surface area contributed by atoms with Gasteiger partial charge < -0.3 is 4.90 Å². The molecule has 0 saturated heterocycles. The van der Waals surface area contributed by atoms with Crippen LogP contribution in [0.15, 0.2) is 66.6 Å². The lowest BCUT2D eigenvalue weighted by molar-refractivity contribution is -0.114. The van der Waals surface area contributed by atoms with E-state index in [-0.39, 0.29) is 5.91 Å². The highest BCUT2D eigenvalue weighted by Crippen LogP contribution is 2.40. The van der Waals surface area contributed by atoms with Crippen LogP contribution in [0.3, 0.4) is 0 Å². The summed E-state index contributed by atoms with van der Waals surface area (Å²) in [6, 6.07) is 10.4. The quantitative estimate of drug-likeness (QED) is 0.464. The molecule has 0 saturated carbocycles. The first kappa shape index (κ1) is 19.2. The standard InChI is InChI=1S/C23H18N6OS/c1-3-22(30)28-6-7-31-21-9-15(4-5-20(21)28)19-8-16(18-12-25-27(2)13-18)14-29-23(19)17(10-24)11-26-29/h3-5,8-9,11-14H,1,6-7H2,2H3. The second-order valence-corrected chi connectivity index (χ2v) is 8.37. The number of fused-ring (bicyclic) bond motifs is 2. The first-order chi connectivity index (χ1) is 15.1. The molecule has 4 heterocycles. The molecule has 31 heavy (non-hydrogen) atoms. The maximum atomic E-state index is 12.3. The molecule has 1 aliphatic heterocycles. The van der Waals surface area contributed by atoms with Gasteiger partial charge in [0.05, 0.1) is 29.2 Å². The number of hydrogen-bond donors (Lipinski definition) is 0. The number of aryl methyl sites for hydroxylation is 1. The van der Waals surface area contributed by atoms with E-state index in [2.05, 4.69) is 35.0 Å². The van der Waals surface area contributed by atoms with Crippen molar-refractivity contribution in [3.8, 4) is 28.3 Å². The Morgan fingerprint density at radius 3 is 2.81 bits per heavy atom. The molecule has 5 rings (SSSR count). The summed E-state index contributed by atoms with van der Waals surface area (Å²) in [6.45, 7) is 4.27. The van der Waals surface area contributed by atoms with Crippen LogP contribution in [0.5, 0.6) is 0 Å². The van der Waals surface area contributed by atoms with Crippen molar-refractivity contribution >= 4 is 28.9 Å². The molecule has 1 aromatic carbocycles. The molecular weight excluding hydrogens is 408 g/mol. The van der Waals surface area contributed by atoms with Crippen LogP contribution in [-0.2, 0) is 11.8 Å². The largest absolute Gasteiger partial charge is 0.307 e. The van der Waals surface area contributed by atoms with Gasteiger partial charge in [0.15, 0.2) is 0 Å². The van der Waals surface area contributed by atoms with Crippen molar-refractivity contribution in [2.24, 2.45) is 7.05 Å². The lowest BCUT2D eigenvalue weighted by Crippen LogP contribution is -2.33. The van der Waals surface area contributed by atoms with Gasteiger partial charge >= 0.3 is 0 Å². The number of benzene rings is 1. The molecule has 1 aliphatic rings. The summed E-state index contributed by atoms with van der Waals surface area (Å²) in [7, 11) is 1.88. The number of anilines is 1. The molecule has 0 spiro atoms. The predicted octanol–water partition coefficient (Wildman–Crippen LogP) is 3.90. The molecule has 4 aromatic rings. The molecule has 0 unspecified atom stereocenters. The number of amides is 1. The monoisotopic (exact) mass is 426 g/mol. The van der Waals surface area contributed by atoms with Crippen LogP contribution in [0, 0.1) is 11.3 Å². The van der Waals surface area contributed by atoms with Crippen LogP contribution in [-0.4, -0.2) is 37.6 Å². The average Bonchev–Trinajstić information content (AvgIpc) is 3.43. The van der Waals surface area contributed by atoms with Gasteiger partial charge in [-0.25, -0.2) is 4.52 Å². The summed E-state index contributed by atoms with van der Waals surface area (Å²) in [4.78, 5) is 15.0. The third-order valence-corrected chi connectivity index (χ3v) is 6.37. The number of rotatable bonds is 3. The zero-order chi connectivity index (χ0) is 21.5. The van der Waals surface area contributed by atoms with Crippen LogP contribution in [0.25, 0.3) is 27.8 Å². The number of nitrogens with zero attached hydrogens (tertiary/aromatic N) is 6. The van der Waals surface area contributed by atoms with Crippen molar-refractivity contribution in [3.05, 3.63) is 67.3 Å². The fourth-order valence-corrected chi connectivity index (χ4v) is 4.91. The van der Waals surface area contributed by atoms with Gasteiger partial charge in [-0.05, 0) is 29.8 Å². The van der Waals surface area contributed by atoms with Gasteiger partial charge in [0, 0.05) is 53.3 Å². The van der Waals surface area contributed by atoms with Crippen LogP contribution in [0.4, 0.5) is 5.69 Å². The van der Waals surface area contributed by atoms with Crippen molar-refractivity contribution in [3.63, 3.8) is 0 Å². The van der Waals surface area contributed by atoms with Crippen molar-refractivity contribution < 1.29 is 4.79 Å². The highest BCUT2D eigenvalue weighted by molar-refractivity contribution is 7.99. The summed E-state index contributed by atoms with van der Waals surface area (Å²) >= 11 is 1.72. The van der Waals surface area contributed by atoms with Crippen molar-refractivity contribution in [1.29, 1.82) is 5.26 Å². The van der Waals surface area contributed by atoms with Gasteiger partial charge in [0.1, 0.15) is 6.07 Å². The van der Waals surface area contributed by atoms with E-state index in [1.165, 1.54) is 6.08 Å². The fourth-order valence-electron chi connectivity index (χ4n) is 3.88. The minimum atomic E-state index is -0.0992. The zero-order valence-electron chi connectivity index (χ0n) is 16.8. The molecule has 3 aromatic heterocycles. The summed E-state index contributed by atoms with van der Waals surface area (Å²) in [5.41, 5.74) is 5.96. The molecule has 0 aliphatic carbocycles. The zero-order valence-corrected chi connectivity index (χ0v) is 17.6. The second kappa shape index (κ2) is 7.45. The number of thioether (sulfide) groups is 1. The van der Waals surface area contributed by atoms with E-state index in [0.717, 1.165) is 44.1 Å². The van der Waals surface area contributed by atoms with E-state index < -0.39 is 0 Å². The Morgan fingerprint density at radius 1 is 1.19 bits per heavy atom. The Hall–Kier alpha value is -3.83. The van der Waals surface area contributed by atoms with Crippen molar-refractivity contribution in [2.75, 3.05) is 17.2 Å². The minimum absolute atomic E-state index is 0.0992. The fraction of sp³-hybridized carbons (Fsp3) is 0.130. The molecule has 152 valence electrons. The molecule has 0 atom stereocenters. The molecule has 0 N–H and O–H groups in total. The smallest absolute Gasteiger partial charge is 0.250 e. The van der Waals surface area contributed by atoms with Gasteiger partial charge in [-0.3, -0.25) is 9.48 Å². The lowest BCUT2D eigenvalue weighted by atomic mass is 9.99. The summed E-state index contributed by atoms with van der Waals surface area (Å²) < 4.78 is 3.50. The number of hydrogen-bond acceptors (Lipinski definition) is 5. The first-order valence-electron chi connectivity index (χ1n) is 9.70. The lowest BCUT2D eigenvalue weighted by Gasteiger charge is -2.28.